The Morgan fingerprint density at radius 1 is 1.23 bits per heavy atom. The first kappa shape index (κ1) is 15.9. The summed E-state index contributed by atoms with van der Waals surface area (Å²) in [5.41, 5.74) is 1.71. The summed E-state index contributed by atoms with van der Waals surface area (Å²) in [4.78, 5) is 24.8. The Kier molecular flexibility index (Phi) is 2.97. The van der Waals surface area contributed by atoms with E-state index in [0.717, 1.165) is 40.5 Å². The summed E-state index contributed by atoms with van der Waals surface area (Å²) in [6.45, 7) is 3.60. The highest BCUT2D eigenvalue weighted by Crippen LogP contribution is 2.76. The van der Waals surface area contributed by atoms with Crippen LogP contribution >= 0.6 is 0 Å². The molecule has 4 atom stereocenters. The number of hydrogen-bond donors (Lipinski definition) is 0. The number of benzene rings is 2. The fourth-order valence-electron chi connectivity index (χ4n) is 5.94. The minimum atomic E-state index is -0.298. The molecule has 2 fully saturated rings. The summed E-state index contributed by atoms with van der Waals surface area (Å²) in [6, 6.07) is 10.1. The molecule has 0 N–H and O–H groups in total. The van der Waals surface area contributed by atoms with E-state index in [1.54, 1.807) is 7.11 Å². The molecule has 2 aromatic rings. The van der Waals surface area contributed by atoms with Crippen LogP contribution in [0.15, 0.2) is 30.3 Å². The fourth-order valence-corrected chi connectivity index (χ4v) is 5.94. The maximum absolute atomic E-state index is 13.2. The Labute approximate surface area is 152 Å². The predicted molar refractivity (Wildman–Crippen MR) is 97.5 cm³/mol. The van der Waals surface area contributed by atoms with Gasteiger partial charge in [0.15, 0.2) is 5.78 Å². The lowest BCUT2D eigenvalue weighted by Gasteiger charge is -2.43. The van der Waals surface area contributed by atoms with Crippen molar-refractivity contribution in [1.29, 1.82) is 0 Å². The van der Waals surface area contributed by atoms with E-state index in [1.807, 2.05) is 18.2 Å². The number of ether oxygens (including phenoxy) is 2. The molecular formula is C22H22O4. The van der Waals surface area contributed by atoms with Crippen molar-refractivity contribution in [2.75, 3.05) is 7.11 Å². The molecule has 0 aromatic heterocycles. The molecule has 0 bridgehead atoms. The monoisotopic (exact) mass is 350 g/mol. The number of Topliss-reactive ketones (excluding diaryl/α,β-unsaturated/α-hetero) is 1. The van der Waals surface area contributed by atoms with Gasteiger partial charge in [-0.25, -0.2) is 0 Å². The van der Waals surface area contributed by atoms with Crippen LogP contribution in [-0.4, -0.2) is 25.0 Å². The topological polar surface area (TPSA) is 52.6 Å². The smallest absolute Gasteiger partial charge is 0.302 e. The third-order valence-corrected chi connectivity index (χ3v) is 7.16. The van der Waals surface area contributed by atoms with Crippen molar-refractivity contribution in [2.24, 2.45) is 11.3 Å². The molecule has 2 aromatic carbocycles. The maximum Gasteiger partial charge on any atom is 0.302 e. The van der Waals surface area contributed by atoms with Gasteiger partial charge in [-0.1, -0.05) is 19.1 Å². The number of hydrogen-bond acceptors (Lipinski definition) is 4. The van der Waals surface area contributed by atoms with Crippen molar-refractivity contribution >= 4 is 22.5 Å². The van der Waals surface area contributed by atoms with Gasteiger partial charge in [0.1, 0.15) is 11.9 Å². The van der Waals surface area contributed by atoms with Gasteiger partial charge in [-0.05, 0) is 53.3 Å². The standard InChI is InChI=1S/C22H22O4/c1-12(23)26-19-9-14-10-22(14)17-7-4-13-8-15(25-3)5-6-16(13)20(17)18(24)11-21(19,22)2/h4-8,14,19H,9-11H2,1-3H3/t14-,19-,21-,22+/m1/s1. The van der Waals surface area contributed by atoms with E-state index in [-0.39, 0.29) is 28.7 Å². The van der Waals surface area contributed by atoms with Gasteiger partial charge in [0.05, 0.1) is 7.11 Å². The molecule has 3 aliphatic carbocycles. The molecule has 3 aliphatic rings. The van der Waals surface area contributed by atoms with Gasteiger partial charge in [-0.3, -0.25) is 9.59 Å². The summed E-state index contributed by atoms with van der Waals surface area (Å²) < 4.78 is 11.0. The highest BCUT2D eigenvalue weighted by molar-refractivity contribution is 6.11. The first-order chi connectivity index (χ1) is 12.4. The van der Waals surface area contributed by atoms with E-state index in [2.05, 4.69) is 19.1 Å². The van der Waals surface area contributed by atoms with Crippen molar-refractivity contribution < 1.29 is 19.1 Å². The van der Waals surface area contributed by atoms with Crippen molar-refractivity contribution in [3.05, 3.63) is 41.5 Å². The van der Waals surface area contributed by atoms with E-state index < -0.39 is 0 Å². The lowest BCUT2D eigenvalue weighted by atomic mass is 9.61. The Balaban J connectivity index is 1.70. The van der Waals surface area contributed by atoms with Crippen molar-refractivity contribution in [2.45, 2.75) is 44.6 Å². The summed E-state index contributed by atoms with van der Waals surface area (Å²) in [5.74, 6) is 1.20. The van der Waals surface area contributed by atoms with Gasteiger partial charge in [0.25, 0.3) is 0 Å². The third-order valence-electron chi connectivity index (χ3n) is 7.16. The van der Waals surface area contributed by atoms with Gasteiger partial charge in [-0.2, -0.15) is 0 Å². The van der Waals surface area contributed by atoms with Crippen molar-refractivity contribution in [3.63, 3.8) is 0 Å². The highest BCUT2D eigenvalue weighted by Gasteiger charge is 2.76. The summed E-state index contributed by atoms with van der Waals surface area (Å²) in [6.07, 6.45) is 2.23. The van der Waals surface area contributed by atoms with Gasteiger partial charge in [0, 0.05) is 29.7 Å². The molecular weight excluding hydrogens is 328 g/mol. The van der Waals surface area contributed by atoms with Gasteiger partial charge >= 0.3 is 5.97 Å². The van der Waals surface area contributed by atoms with Gasteiger partial charge in [-0.15, -0.1) is 0 Å². The first-order valence-corrected chi connectivity index (χ1v) is 9.22. The number of esters is 1. The Morgan fingerprint density at radius 2 is 2.04 bits per heavy atom. The number of carbonyl (C=O) groups is 2. The van der Waals surface area contributed by atoms with Crippen LogP contribution in [0.3, 0.4) is 0 Å². The summed E-state index contributed by atoms with van der Waals surface area (Å²) >= 11 is 0. The molecule has 2 saturated carbocycles. The predicted octanol–water partition coefficient (Wildman–Crippen LogP) is 4.03. The van der Waals surface area contributed by atoms with Crippen LogP contribution in [0.4, 0.5) is 0 Å². The van der Waals surface area contributed by atoms with Crippen LogP contribution in [0, 0.1) is 11.3 Å². The van der Waals surface area contributed by atoms with Gasteiger partial charge in [0.2, 0.25) is 0 Å². The van der Waals surface area contributed by atoms with Crippen molar-refractivity contribution in [1.82, 2.24) is 0 Å². The highest BCUT2D eigenvalue weighted by atomic mass is 16.5. The average molecular weight is 350 g/mol. The zero-order valence-corrected chi connectivity index (χ0v) is 15.3. The maximum atomic E-state index is 13.2. The van der Waals surface area contributed by atoms with Crippen LogP contribution in [0.1, 0.15) is 49.0 Å². The molecule has 0 unspecified atom stereocenters. The minimum absolute atomic E-state index is 0.0233. The number of ketones is 1. The van der Waals surface area contributed by atoms with Crippen molar-refractivity contribution in [3.8, 4) is 5.75 Å². The second-order valence-corrected chi connectivity index (χ2v) is 8.30. The summed E-state index contributed by atoms with van der Waals surface area (Å²) in [5, 5.41) is 2.04. The van der Waals surface area contributed by atoms with E-state index >= 15 is 0 Å². The molecule has 0 aliphatic heterocycles. The van der Waals surface area contributed by atoms with E-state index in [1.165, 1.54) is 6.92 Å². The molecule has 134 valence electrons. The van der Waals surface area contributed by atoms with Crippen LogP contribution in [-0.2, 0) is 14.9 Å². The Hall–Kier alpha value is -2.36. The quantitative estimate of drug-likeness (QED) is 0.767. The second kappa shape index (κ2) is 4.87. The SMILES string of the molecule is COc1ccc2c3c(ccc2c1)[C@]12C[C@H]1C[C@@H](OC(C)=O)[C@@]2(C)CC3=O. The molecule has 0 heterocycles. The lowest BCUT2D eigenvalue weighted by molar-refractivity contribution is -0.153. The molecule has 1 spiro atoms. The van der Waals surface area contributed by atoms with Crippen LogP contribution < -0.4 is 4.74 Å². The number of fused-ring (bicyclic) bond motifs is 3. The molecule has 0 saturated heterocycles. The molecule has 5 rings (SSSR count). The Morgan fingerprint density at radius 3 is 2.77 bits per heavy atom. The Bertz CT molecular complexity index is 978. The average Bonchev–Trinajstić information content (AvgIpc) is 3.27. The number of carbonyl (C=O) groups excluding carboxylic acids is 2. The molecule has 4 heteroatoms. The lowest BCUT2D eigenvalue weighted by Crippen LogP contribution is -2.46. The molecule has 26 heavy (non-hydrogen) atoms. The van der Waals surface area contributed by atoms with Crippen LogP contribution in [0.5, 0.6) is 5.75 Å². The minimum Gasteiger partial charge on any atom is -0.497 e. The largest absolute Gasteiger partial charge is 0.497 e. The van der Waals surface area contributed by atoms with E-state index in [9.17, 15) is 9.59 Å². The van der Waals surface area contributed by atoms with E-state index in [0.29, 0.717) is 12.3 Å². The van der Waals surface area contributed by atoms with Gasteiger partial charge < -0.3 is 9.47 Å². The first-order valence-electron chi connectivity index (χ1n) is 9.22. The van der Waals surface area contributed by atoms with E-state index in [4.69, 9.17) is 9.47 Å². The van der Waals surface area contributed by atoms with Crippen LogP contribution in [0.25, 0.3) is 10.8 Å². The second-order valence-electron chi connectivity index (χ2n) is 8.30. The molecule has 0 radical (unpaired) electrons. The molecule has 0 amide bonds. The zero-order valence-electron chi connectivity index (χ0n) is 15.3. The molecule has 4 nitrogen and oxygen atoms in total. The fraction of sp³-hybridized carbons (Fsp3) is 0.455. The third kappa shape index (κ3) is 1.75. The normalized spacial score (nSPS) is 34.0. The van der Waals surface area contributed by atoms with Crippen LogP contribution in [0.2, 0.25) is 0 Å². The summed E-state index contributed by atoms with van der Waals surface area (Å²) in [7, 11) is 1.65. The number of methoxy groups -OCH3 is 1. The zero-order chi connectivity index (χ0) is 18.3. The number of rotatable bonds is 2.